The number of halogens is 1. The first-order valence-corrected chi connectivity index (χ1v) is 11.3. The summed E-state index contributed by atoms with van der Waals surface area (Å²) in [6, 6.07) is 9.63. The quantitative estimate of drug-likeness (QED) is 0.616. The summed E-state index contributed by atoms with van der Waals surface area (Å²) in [5.74, 6) is 0.650. The van der Waals surface area contributed by atoms with Crippen molar-refractivity contribution < 1.29 is 9.53 Å². The molecule has 1 aromatic heterocycles. The molecule has 1 aliphatic rings. The topological polar surface area (TPSA) is 92.8 Å². The molecule has 2 atom stereocenters. The number of nitriles is 1. The predicted octanol–water partition coefficient (Wildman–Crippen LogP) is 3.92. The molecule has 2 aromatic rings. The van der Waals surface area contributed by atoms with Crippen molar-refractivity contribution in [3.63, 3.8) is 0 Å². The molecular formula is C21H26ClN5O2S. The number of hydrogen-bond acceptors (Lipinski definition) is 6. The SMILES string of the molecule is CC(C)C(C)(C#N)NC(=O)CSc1nnc(-c2ccc(Cl)cc2)n1CC1CCCO1. The Labute approximate surface area is 186 Å². The van der Waals surface area contributed by atoms with Crippen LogP contribution < -0.4 is 5.32 Å². The molecule has 30 heavy (non-hydrogen) atoms. The molecule has 9 heteroatoms. The minimum atomic E-state index is -0.905. The van der Waals surface area contributed by atoms with Crippen LogP contribution in [0, 0.1) is 17.2 Å². The Bertz CT molecular complexity index is 918. The minimum Gasteiger partial charge on any atom is -0.376 e. The van der Waals surface area contributed by atoms with E-state index in [2.05, 4.69) is 21.6 Å². The standard InChI is InChI=1S/C21H26ClN5O2S/c1-14(2)21(3,13-23)24-18(28)12-30-20-26-25-19(15-6-8-16(22)9-7-15)27(20)11-17-5-4-10-29-17/h6-9,14,17H,4-5,10-12H2,1-3H3,(H,24,28). The average Bonchev–Trinajstić information content (AvgIpc) is 3.37. The molecular weight excluding hydrogens is 422 g/mol. The van der Waals surface area contributed by atoms with Crippen LogP contribution in [0.3, 0.4) is 0 Å². The summed E-state index contributed by atoms with van der Waals surface area (Å²) in [5, 5.41) is 22.2. The number of hydrogen-bond donors (Lipinski definition) is 1. The Morgan fingerprint density at radius 2 is 2.17 bits per heavy atom. The molecule has 1 saturated heterocycles. The Hall–Kier alpha value is -2.08. The van der Waals surface area contributed by atoms with E-state index < -0.39 is 5.54 Å². The van der Waals surface area contributed by atoms with E-state index in [9.17, 15) is 10.1 Å². The van der Waals surface area contributed by atoms with Gasteiger partial charge in [-0.25, -0.2) is 0 Å². The maximum Gasteiger partial charge on any atom is 0.231 e. The second-order valence-corrected chi connectivity index (χ2v) is 9.24. The molecule has 2 heterocycles. The fourth-order valence-corrected chi connectivity index (χ4v) is 4.00. The molecule has 3 rings (SSSR count). The van der Waals surface area contributed by atoms with Crippen molar-refractivity contribution in [2.75, 3.05) is 12.4 Å². The number of carbonyl (C=O) groups is 1. The van der Waals surface area contributed by atoms with Crippen LogP contribution in [-0.4, -0.2) is 44.7 Å². The monoisotopic (exact) mass is 447 g/mol. The highest BCUT2D eigenvalue weighted by atomic mass is 35.5. The van der Waals surface area contributed by atoms with Gasteiger partial charge in [0.1, 0.15) is 5.54 Å². The molecule has 1 aromatic carbocycles. The van der Waals surface area contributed by atoms with Crippen LogP contribution in [0.2, 0.25) is 5.02 Å². The highest BCUT2D eigenvalue weighted by Gasteiger charge is 2.30. The highest BCUT2D eigenvalue weighted by Crippen LogP contribution is 2.27. The van der Waals surface area contributed by atoms with Gasteiger partial charge in [0.15, 0.2) is 11.0 Å². The van der Waals surface area contributed by atoms with Gasteiger partial charge >= 0.3 is 0 Å². The molecule has 0 radical (unpaired) electrons. The number of ether oxygens (including phenoxy) is 1. The number of carbonyl (C=O) groups excluding carboxylic acids is 1. The van der Waals surface area contributed by atoms with Crippen molar-refractivity contribution >= 4 is 29.3 Å². The molecule has 0 aliphatic carbocycles. The summed E-state index contributed by atoms with van der Waals surface area (Å²) < 4.78 is 7.80. The third-order valence-electron chi connectivity index (χ3n) is 5.35. The molecule has 0 spiro atoms. The van der Waals surface area contributed by atoms with Gasteiger partial charge in [0, 0.05) is 17.2 Å². The second kappa shape index (κ2) is 9.82. The molecule has 0 bridgehead atoms. The zero-order chi connectivity index (χ0) is 21.7. The molecule has 7 nitrogen and oxygen atoms in total. The summed E-state index contributed by atoms with van der Waals surface area (Å²) in [6.07, 6.45) is 2.12. The largest absolute Gasteiger partial charge is 0.376 e. The number of amides is 1. The molecule has 160 valence electrons. The van der Waals surface area contributed by atoms with Crippen LogP contribution in [-0.2, 0) is 16.1 Å². The maximum absolute atomic E-state index is 12.5. The predicted molar refractivity (Wildman–Crippen MR) is 117 cm³/mol. The molecule has 1 amide bonds. The Kier molecular flexibility index (Phi) is 7.40. The fraction of sp³-hybridized carbons (Fsp3) is 0.524. The summed E-state index contributed by atoms with van der Waals surface area (Å²) in [6.45, 7) is 6.94. The lowest BCUT2D eigenvalue weighted by Crippen LogP contribution is -2.49. The van der Waals surface area contributed by atoms with Gasteiger partial charge in [-0.1, -0.05) is 37.2 Å². The third-order valence-corrected chi connectivity index (χ3v) is 6.57. The molecule has 1 N–H and O–H groups in total. The zero-order valence-corrected chi connectivity index (χ0v) is 19.0. The number of nitrogens with one attached hydrogen (secondary N) is 1. The van der Waals surface area contributed by atoms with Crippen LogP contribution in [0.4, 0.5) is 0 Å². The van der Waals surface area contributed by atoms with E-state index in [0.29, 0.717) is 22.5 Å². The molecule has 1 aliphatic heterocycles. The lowest BCUT2D eigenvalue weighted by atomic mass is 9.90. The third kappa shape index (κ3) is 5.34. The summed E-state index contributed by atoms with van der Waals surface area (Å²) >= 11 is 7.33. The van der Waals surface area contributed by atoms with Crippen LogP contribution in [0.1, 0.15) is 33.6 Å². The Morgan fingerprint density at radius 3 is 2.77 bits per heavy atom. The summed E-state index contributed by atoms with van der Waals surface area (Å²) in [4.78, 5) is 12.5. The van der Waals surface area contributed by atoms with E-state index in [1.807, 2.05) is 42.7 Å². The second-order valence-electron chi connectivity index (χ2n) is 7.86. The molecule has 1 fully saturated rings. The maximum atomic E-state index is 12.5. The van der Waals surface area contributed by atoms with Crippen molar-refractivity contribution in [3.05, 3.63) is 29.3 Å². The summed E-state index contributed by atoms with van der Waals surface area (Å²) in [7, 11) is 0. The van der Waals surface area contributed by atoms with E-state index in [0.717, 1.165) is 25.0 Å². The Balaban J connectivity index is 1.77. The van der Waals surface area contributed by atoms with Crippen molar-refractivity contribution in [3.8, 4) is 17.5 Å². The van der Waals surface area contributed by atoms with Crippen molar-refractivity contribution in [2.45, 2.75) is 57.0 Å². The van der Waals surface area contributed by atoms with Gasteiger partial charge in [-0.15, -0.1) is 10.2 Å². The number of benzene rings is 1. The smallest absolute Gasteiger partial charge is 0.231 e. The van der Waals surface area contributed by atoms with Gasteiger partial charge in [-0.3, -0.25) is 9.36 Å². The first-order valence-electron chi connectivity index (χ1n) is 9.98. The van der Waals surface area contributed by atoms with Crippen LogP contribution in [0.15, 0.2) is 29.4 Å². The van der Waals surface area contributed by atoms with Crippen molar-refractivity contribution in [1.29, 1.82) is 5.26 Å². The molecule has 2 unspecified atom stereocenters. The zero-order valence-electron chi connectivity index (χ0n) is 17.4. The van der Waals surface area contributed by atoms with Gasteiger partial charge in [-0.05, 0) is 49.9 Å². The number of rotatable bonds is 8. The van der Waals surface area contributed by atoms with Crippen molar-refractivity contribution in [2.24, 2.45) is 5.92 Å². The first-order chi connectivity index (χ1) is 14.3. The summed E-state index contributed by atoms with van der Waals surface area (Å²) in [5.41, 5.74) is -0.00430. The normalized spacial score (nSPS) is 18.2. The highest BCUT2D eigenvalue weighted by molar-refractivity contribution is 7.99. The number of thioether (sulfide) groups is 1. The lowest BCUT2D eigenvalue weighted by Gasteiger charge is -2.27. The van der Waals surface area contributed by atoms with Gasteiger partial charge in [-0.2, -0.15) is 5.26 Å². The van der Waals surface area contributed by atoms with E-state index >= 15 is 0 Å². The van der Waals surface area contributed by atoms with Crippen LogP contribution in [0.5, 0.6) is 0 Å². The van der Waals surface area contributed by atoms with Crippen LogP contribution in [0.25, 0.3) is 11.4 Å². The van der Waals surface area contributed by atoms with E-state index in [1.54, 1.807) is 6.92 Å². The minimum absolute atomic E-state index is 0.00359. The van der Waals surface area contributed by atoms with Gasteiger partial charge in [0.05, 0.1) is 24.5 Å². The first kappa shape index (κ1) is 22.6. The van der Waals surface area contributed by atoms with Crippen LogP contribution >= 0.6 is 23.4 Å². The van der Waals surface area contributed by atoms with Gasteiger partial charge in [0.25, 0.3) is 0 Å². The number of nitrogens with zero attached hydrogens (tertiary/aromatic N) is 4. The number of aromatic nitrogens is 3. The fourth-order valence-electron chi connectivity index (χ4n) is 3.12. The van der Waals surface area contributed by atoms with Crippen molar-refractivity contribution in [1.82, 2.24) is 20.1 Å². The van der Waals surface area contributed by atoms with E-state index in [4.69, 9.17) is 16.3 Å². The molecule has 0 saturated carbocycles. The lowest BCUT2D eigenvalue weighted by molar-refractivity contribution is -0.120. The average molecular weight is 448 g/mol. The van der Waals surface area contributed by atoms with Gasteiger partial charge in [0.2, 0.25) is 5.91 Å². The van der Waals surface area contributed by atoms with Gasteiger partial charge < -0.3 is 10.1 Å². The Morgan fingerprint density at radius 1 is 1.43 bits per heavy atom. The van der Waals surface area contributed by atoms with E-state index in [-0.39, 0.29) is 23.7 Å². The van der Waals surface area contributed by atoms with E-state index in [1.165, 1.54) is 11.8 Å².